The van der Waals surface area contributed by atoms with Crippen LogP contribution in [0.15, 0.2) is 67.4 Å². The van der Waals surface area contributed by atoms with Crippen molar-refractivity contribution in [3.8, 4) is 0 Å². The smallest absolute Gasteiger partial charge is 0.249 e. The molecule has 6 nitrogen and oxygen atoms in total. The minimum Gasteiger partial charge on any atom is -0.371 e. The number of hydrogen-bond donors (Lipinski definition) is 3. The number of carbonyl (C=O) groups excluding carboxylic acids is 1. The van der Waals surface area contributed by atoms with Crippen LogP contribution in [0, 0.1) is 6.92 Å². The Morgan fingerprint density at radius 2 is 1.68 bits per heavy atom. The standard InChI is InChI=1S/C34H43N5O.C2H6.C2H4/c1-4-7-29(36-3)10-13-37-34(40)27-18-26-16-22(2)32(38-14-11-28(35)12-15-38)30-19-25-17-23-8-5-6-9-24(23)20-31(25)39(21-27)33(26)30;2*1-2/h5-6,8-9,16-17,20-21,28-29,36H,4,7,10-15,18-19,35H2,1-3H3,(H,37,40);1-2H3;1-2H2. The second-order valence-electron chi connectivity index (χ2n) is 11.9. The summed E-state index contributed by atoms with van der Waals surface area (Å²) in [6.07, 6.45) is 8.91. The topological polar surface area (TPSA) is 73.6 Å². The maximum Gasteiger partial charge on any atom is 0.249 e. The average Bonchev–Trinajstić information content (AvgIpc) is 3.05. The summed E-state index contributed by atoms with van der Waals surface area (Å²) in [7, 11) is 2.01. The van der Waals surface area contributed by atoms with Gasteiger partial charge in [-0.1, -0.05) is 57.5 Å². The summed E-state index contributed by atoms with van der Waals surface area (Å²) in [6, 6.07) is 16.3. The normalized spacial score (nSPS) is 16.0. The lowest BCUT2D eigenvalue weighted by atomic mass is 9.84. The van der Waals surface area contributed by atoms with E-state index in [0.717, 1.165) is 57.2 Å². The number of carbonyl (C=O) groups is 1. The van der Waals surface area contributed by atoms with Gasteiger partial charge in [0.25, 0.3) is 0 Å². The molecule has 236 valence electrons. The molecule has 0 aliphatic carbocycles. The molecule has 0 saturated carbocycles. The number of aryl methyl sites for hydroxylation is 1. The van der Waals surface area contributed by atoms with Crippen LogP contribution in [0.1, 0.15) is 75.1 Å². The summed E-state index contributed by atoms with van der Waals surface area (Å²) in [5.74, 6) is 0.0400. The highest BCUT2D eigenvalue weighted by Crippen LogP contribution is 2.50. The predicted molar refractivity (Wildman–Crippen MR) is 189 cm³/mol. The van der Waals surface area contributed by atoms with Crippen molar-refractivity contribution in [2.75, 3.05) is 36.5 Å². The van der Waals surface area contributed by atoms with E-state index in [0.29, 0.717) is 25.0 Å². The Labute approximate surface area is 265 Å². The Balaban J connectivity index is 0.00000106. The Morgan fingerprint density at radius 3 is 2.34 bits per heavy atom. The van der Waals surface area contributed by atoms with Crippen LogP contribution < -0.4 is 26.2 Å². The van der Waals surface area contributed by atoms with Gasteiger partial charge in [-0.05, 0) is 79.3 Å². The fourth-order valence-corrected chi connectivity index (χ4v) is 6.99. The van der Waals surface area contributed by atoms with Crippen LogP contribution in [0.2, 0.25) is 0 Å². The number of nitrogens with one attached hydrogen (secondary N) is 2. The first-order chi connectivity index (χ1) is 21.5. The maximum absolute atomic E-state index is 13.5. The molecule has 0 bridgehead atoms. The highest BCUT2D eigenvalue weighted by atomic mass is 16.1. The highest BCUT2D eigenvalue weighted by Gasteiger charge is 2.34. The van der Waals surface area contributed by atoms with Gasteiger partial charge in [0.1, 0.15) is 0 Å². The van der Waals surface area contributed by atoms with Crippen molar-refractivity contribution >= 4 is 33.7 Å². The van der Waals surface area contributed by atoms with Crippen molar-refractivity contribution in [1.82, 2.24) is 10.6 Å². The van der Waals surface area contributed by atoms with Gasteiger partial charge in [-0.3, -0.25) is 4.79 Å². The zero-order valence-electron chi connectivity index (χ0n) is 27.6. The number of benzene rings is 3. The van der Waals surface area contributed by atoms with Gasteiger partial charge in [-0.2, -0.15) is 0 Å². The third-order valence-electron chi connectivity index (χ3n) is 9.09. The Hall–Kier alpha value is -3.61. The maximum atomic E-state index is 13.5. The average molecular weight is 596 g/mol. The molecule has 0 radical (unpaired) electrons. The van der Waals surface area contributed by atoms with E-state index in [1.165, 1.54) is 50.1 Å². The van der Waals surface area contributed by atoms with E-state index >= 15 is 0 Å². The highest BCUT2D eigenvalue weighted by molar-refractivity contribution is 5.99. The molecule has 3 heterocycles. The van der Waals surface area contributed by atoms with Crippen molar-refractivity contribution in [2.45, 2.75) is 84.7 Å². The number of nitrogens with two attached hydrogens (primary N) is 1. The van der Waals surface area contributed by atoms with Gasteiger partial charge in [-0.15, -0.1) is 13.2 Å². The molecular weight excluding hydrogens is 542 g/mol. The zero-order chi connectivity index (χ0) is 31.8. The second-order valence-corrected chi connectivity index (χ2v) is 11.9. The molecule has 0 spiro atoms. The summed E-state index contributed by atoms with van der Waals surface area (Å²) in [4.78, 5) is 18.4. The van der Waals surface area contributed by atoms with Gasteiger partial charge in [0, 0.05) is 73.3 Å². The summed E-state index contributed by atoms with van der Waals surface area (Å²) in [5, 5.41) is 9.09. The quantitative estimate of drug-likeness (QED) is 0.239. The van der Waals surface area contributed by atoms with Gasteiger partial charge in [-0.25, -0.2) is 0 Å². The van der Waals surface area contributed by atoms with Crippen molar-refractivity contribution in [2.24, 2.45) is 5.73 Å². The third-order valence-corrected chi connectivity index (χ3v) is 9.09. The SMILES string of the molecule is C=C.CC.CCCC(CCNC(=O)C1=CN2c3cc4ccccc4cc3Cc3c(N4CCC(N)CC4)c(C)cc(c32)C1)NC. The molecule has 3 aliphatic rings. The van der Waals surface area contributed by atoms with Crippen LogP contribution in [-0.4, -0.2) is 44.7 Å². The molecule has 3 aromatic rings. The van der Waals surface area contributed by atoms with Gasteiger partial charge < -0.3 is 26.2 Å². The molecule has 6 heteroatoms. The molecule has 1 saturated heterocycles. The first kappa shape index (κ1) is 33.3. The number of hydrogen-bond acceptors (Lipinski definition) is 5. The van der Waals surface area contributed by atoms with E-state index in [1.807, 2.05) is 20.9 Å². The van der Waals surface area contributed by atoms with E-state index in [1.54, 1.807) is 0 Å². The van der Waals surface area contributed by atoms with Crippen molar-refractivity contribution < 1.29 is 4.79 Å². The molecule has 1 amide bonds. The van der Waals surface area contributed by atoms with Crippen LogP contribution in [0.3, 0.4) is 0 Å². The third kappa shape index (κ3) is 6.87. The van der Waals surface area contributed by atoms with Gasteiger partial charge >= 0.3 is 0 Å². The molecule has 1 unspecified atom stereocenters. The number of piperidine rings is 1. The fraction of sp³-hybridized carbons (Fsp3) is 0.447. The molecule has 1 fully saturated rings. The van der Waals surface area contributed by atoms with Crippen LogP contribution in [-0.2, 0) is 17.6 Å². The monoisotopic (exact) mass is 595 g/mol. The van der Waals surface area contributed by atoms with E-state index in [2.05, 4.69) is 96.1 Å². The van der Waals surface area contributed by atoms with Gasteiger partial charge in [0.15, 0.2) is 0 Å². The summed E-state index contributed by atoms with van der Waals surface area (Å²) in [6.45, 7) is 17.1. The Morgan fingerprint density at radius 1 is 1.00 bits per heavy atom. The van der Waals surface area contributed by atoms with E-state index in [-0.39, 0.29) is 5.91 Å². The number of rotatable bonds is 8. The van der Waals surface area contributed by atoms with E-state index in [4.69, 9.17) is 5.73 Å². The second kappa shape index (κ2) is 15.4. The van der Waals surface area contributed by atoms with Crippen LogP contribution in [0.4, 0.5) is 17.1 Å². The molecule has 1 atom stereocenters. The molecule has 4 N–H and O–H groups in total. The molecule has 0 aromatic heterocycles. The minimum atomic E-state index is 0.0400. The molecule has 3 aromatic carbocycles. The van der Waals surface area contributed by atoms with Crippen molar-refractivity contribution in [1.29, 1.82) is 0 Å². The molecular formula is C38H53N5O. The van der Waals surface area contributed by atoms with E-state index < -0.39 is 0 Å². The van der Waals surface area contributed by atoms with Gasteiger partial charge in [0.05, 0.1) is 5.69 Å². The predicted octanol–water partition coefficient (Wildman–Crippen LogP) is 7.28. The molecule has 3 aliphatic heterocycles. The number of nitrogens with zero attached hydrogens (tertiary/aromatic N) is 2. The molecule has 6 rings (SSSR count). The zero-order valence-corrected chi connectivity index (χ0v) is 27.6. The van der Waals surface area contributed by atoms with Crippen LogP contribution >= 0.6 is 0 Å². The van der Waals surface area contributed by atoms with Crippen molar-refractivity contribution in [3.05, 3.63) is 89.6 Å². The van der Waals surface area contributed by atoms with Crippen LogP contribution in [0.5, 0.6) is 0 Å². The van der Waals surface area contributed by atoms with Crippen LogP contribution in [0.25, 0.3) is 10.8 Å². The minimum absolute atomic E-state index is 0.0400. The lowest BCUT2D eigenvalue weighted by molar-refractivity contribution is -0.117. The van der Waals surface area contributed by atoms with Crippen molar-refractivity contribution in [3.63, 3.8) is 0 Å². The Bertz CT molecular complexity index is 1470. The fourth-order valence-electron chi connectivity index (χ4n) is 6.99. The lowest BCUT2D eigenvalue weighted by Crippen LogP contribution is -2.41. The number of amides is 1. The van der Waals surface area contributed by atoms with Gasteiger partial charge in [0.2, 0.25) is 5.91 Å². The number of fused-ring (bicyclic) bond motifs is 3. The Kier molecular flexibility index (Phi) is 11.7. The first-order valence-corrected chi connectivity index (χ1v) is 16.6. The number of anilines is 3. The lowest BCUT2D eigenvalue weighted by Gasteiger charge is -2.41. The largest absolute Gasteiger partial charge is 0.371 e. The van der Waals surface area contributed by atoms with E-state index in [9.17, 15) is 4.79 Å². The summed E-state index contributed by atoms with van der Waals surface area (Å²) in [5.41, 5.74) is 16.2. The summed E-state index contributed by atoms with van der Waals surface area (Å²) < 4.78 is 0. The first-order valence-electron chi connectivity index (χ1n) is 16.6. The molecule has 44 heavy (non-hydrogen) atoms. The summed E-state index contributed by atoms with van der Waals surface area (Å²) >= 11 is 0.